The van der Waals surface area contributed by atoms with Crippen LogP contribution in [0.5, 0.6) is 0 Å². The molecule has 39 valence electrons. The van der Waals surface area contributed by atoms with E-state index < -0.39 is 0 Å². The molecule has 0 aliphatic rings. The van der Waals surface area contributed by atoms with Crippen molar-refractivity contribution in [2.24, 2.45) is 0 Å². The number of aldehydes is 1. The Morgan fingerprint density at radius 2 is 1.75 bits per heavy atom. The van der Waals surface area contributed by atoms with Crippen molar-refractivity contribution in [3.8, 4) is 0 Å². The summed E-state index contributed by atoms with van der Waals surface area (Å²) in [7, 11) is 0. The van der Waals surface area contributed by atoms with Gasteiger partial charge >= 0.3 is 0 Å². The summed E-state index contributed by atoms with van der Waals surface area (Å²) >= 11 is 0. The maximum atomic E-state index is 9.48. The second-order valence-corrected chi connectivity index (χ2v) is 0.863. The average Bonchev–Trinajstić information content (AvgIpc) is 1.69. The maximum absolute atomic E-state index is 9.48. The summed E-state index contributed by atoms with van der Waals surface area (Å²) in [5.74, 6) is 0. The molecule has 1 radical (unpaired) electrons. The number of allylic oxidation sites excluding steroid dienone is 3. The summed E-state index contributed by atoms with van der Waals surface area (Å²) in [5, 5.41) is 7.95. The van der Waals surface area contributed by atoms with Crippen LogP contribution < -0.4 is 0 Å². The van der Waals surface area contributed by atoms with Crippen LogP contribution in [0.3, 0.4) is 0 Å². The normalized spacial score (nSPS) is 9.50. The first-order chi connectivity index (χ1) is 3.41. The Morgan fingerprint density at radius 1 is 1.12 bits per heavy atom. The molecule has 0 atom stereocenters. The molecule has 0 saturated heterocycles. The van der Waals surface area contributed by atoms with Gasteiger partial charge in [-0.2, -0.15) is 0 Å². The first-order valence-electron chi connectivity index (χ1n) is 1.83. The van der Waals surface area contributed by atoms with Crippen molar-refractivity contribution in [3.63, 3.8) is 0 Å². The summed E-state index contributed by atoms with van der Waals surface area (Å²) in [5.41, 5.74) is 0. The molecule has 0 heterocycles. The monoisotopic (exact) mass is 137 g/mol. The Morgan fingerprint density at radius 3 is 2.12 bits per heavy atom. The van der Waals surface area contributed by atoms with Crippen LogP contribution in [0.2, 0.25) is 0 Å². The molecule has 1 N–H and O–H groups in total. The van der Waals surface area contributed by atoms with Gasteiger partial charge in [-0.3, -0.25) is 4.79 Å². The Labute approximate surface area is 90.7 Å². The summed E-state index contributed by atoms with van der Waals surface area (Å²) < 4.78 is 0. The van der Waals surface area contributed by atoms with E-state index in [1.54, 1.807) is 0 Å². The van der Waals surface area contributed by atoms with Crippen molar-refractivity contribution in [1.82, 2.24) is 0 Å². The molecule has 0 fully saturated rings. The molecular weight excluding hydrogens is 131 g/mol. The Bertz CT molecular complexity index is 96.6. The van der Waals surface area contributed by atoms with E-state index in [1.165, 1.54) is 18.2 Å². The van der Waals surface area contributed by atoms with Gasteiger partial charge in [0.15, 0.2) is 0 Å². The van der Waals surface area contributed by atoms with Crippen LogP contribution in [0, 0.1) is 0 Å². The Kier molecular flexibility index (Phi) is 15.0. The first kappa shape index (κ1) is 11.4. The van der Waals surface area contributed by atoms with Crippen LogP contribution in [-0.2, 0) is 4.79 Å². The zero-order valence-electron chi connectivity index (χ0n) is 4.74. The molecule has 2 nitrogen and oxygen atoms in total. The number of hydrogen-bond acceptors (Lipinski definition) is 2. The van der Waals surface area contributed by atoms with Gasteiger partial charge in [0, 0.05) is 51.4 Å². The number of rotatable bonds is 2. The van der Waals surface area contributed by atoms with E-state index in [1.807, 2.05) is 0 Å². The van der Waals surface area contributed by atoms with Crippen molar-refractivity contribution in [2.45, 2.75) is 0 Å². The molecule has 0 aliphatic heterocycles. The predicted octanol–water partition coefficient (Wildman–Crippen LogP) is 0.432. The second kappa shape index (κ2) is 10.5. The largest absolute Gasteiger partial charge is 0.516 e. The fourth-order valence-electron chi connectivity index (χ4n) is 0.159. The van der Waals surface area contributed by atoms with Gasteiger partial charge in [0.25, 0.3) is 0 Å². The molecule has 0 bridgehead atoms. The summed E-state index contributed by atoms with van der Waals surface area (Å²) in [4.78, 5) is 9.48. The second-order valence-electron chi connectivity index (χ2n) is 0.863. The van der Waals surface area contributed by atoms with E-state index in [2.05, 4.69) is 0 Å². The third-order valence-corrected chi connectivity index (χ3v) is 0.387. The minimum Gasteiger partial charge on any atom is -0.516 e. The van der Waals surface area contributed by atoms with Crippen molar-refractivity contribution < 1.29 is 9.90 Å². The van der Waals surface area contributed by atoms with Gasteiger partial charge in [-0.25, -0.2) is 0 Å². The Balaban J connectivity index is 0. The van der Waals surface area contributed by atoms with Crippen LogP contribution in [0.25, 0.3) is 0 Å². The summed E-state index contributed by atoms with van der Waals surface area (Å²) in [6.07, 6.45) is 5.58. The summed E-state index contributed by atoms with van der Waals surface area (Å²) in [6.45, 7) is 0. The fourth-order valence-corrected chi connectivity index (χ4v) is 0.159. The van der Waals surface area contributed by atoms with E-state index in [4.69, 9.17) is 5.11 Å². The number of aliphatic hydroxyl groups excluding tert-OH is 1. The third-order valence-electron chi connectivity index (χ3n) is 0.387. The number of hydrogen-bond donors (Lipinski definition) is 1. The van der Waals surface area contributed by atoms with Crippen molar-refractivity contribution in [2.75, 3.05) is 0 Å². The van der Waals surface area contributed by atoms with Crippen molar-refractivity contribution >= 4 is 57.7 Å². The molecule has 3 heteroatoms. The van der Waals surface area contributed by atoms with Gasteiger partial charge < -0.3 is 5.11 Å². The molecule has 0 rings (SSSR count). The molecule has 0 aliphatic carbocycles. The van der Waals surface area contributed by atoms with Crippen LogP contribution in [0.4, 0.5) is 0 Å². The van der Waals surface area contributed by atoms with Gasteiger partial charge in [-0.1, -0.05) is 6.08 Å². The van der Waals surface area contributed by atoms with E-state index in [0.717, 1.165) is 6.26 Å². The van der Waals surface area contributed by atoms with E-state index in [-0.39, 0.29) is 51.4 Å². The molecule has 0 saturated carbocycles. The fraction of sp³-hybridized carbons (Fsp3) is 0. The minimum absolute atomic E-state index is 0. The molecule has 0 unspecified atom stereocenters. The molecule has 0 amide bonds. The first-order valence-corrected chi connectivity index (χ1v) is 1.83. The van der Waals surface area contributed by atoms with E-state index in [9.17, 15) is 4.79 Å². The molecule has 8 heavy (non-hydrogen) atoms. The van der Waals surface area contributed by atoms with E-state index in [0.29, 0.717) is 6.29 Å². The third kappa shape index (κ3) is 9.77. The molecule has 0 aromatic rings. The van der Waals surface area contributed by atoms with Gasteiger partial charge in [-0.15, -0.1) is 0 Å². The smallest absolute Gasteiger partial charge is 0.142 e. The maximum Gasteiger partial charge on any atom is 0.142 e. The standard InChI is InChI=1S/C5H6O2.K/c6-4-2-1-3-5-7;/h1-6H;/b3-1+,4-2+;. The molecular formula is C5H6KO2. The SMILES string of the molecule is O=C/C=C/C=C/O.[K]. The number of carbonyl (C=O) groups excluding carboxylic acids is 1. The van der Waals surface area contributed by atoms with Crippen molar-refractivity contribution in [3.05, 3.63) is 24.5 Å². The minimum atomic E-state index is 0. The predicted molar refractivity (Wildman–Crippen MR) is 32.7 cm³/mol. The van der Waals surface area contributed by atoms with E-state index >= 15 is 0 Å². The van der Waals surface area contributed by atoms with Gasteiger partial charge in [0.05, 0.1) is 6.26 Å². The Hall–Kier alpha value is 0.586. The number of aliphatic hydroxyl groups is 1. The number of carbonyl (C=O) groups is 1. The van der Waals surface area contributed by atoms with Crippen LogP contribution in [0.1, 0.15) is 0 Å². The zero-order chi connectivity index (χ0) is 5.54. The van der Waals surface area contributed by atoms with Crippen LogP contribution in [-0.4, -0.2) is 62.8 Å². The topological polar surface area (TPSA) is 37.3 Å². The average molecular weight is 137 g/mol. The van der Waals surface area contributed by atoms with Crippen LogP contribution in [0.15, 0.2) is 24.5 Å². The molecule has 0 spiro atoms. The zero-order valence-corrected chi connectivity index (χ0v) is 7.87. The van der Waals surface area contributed by atoms with Crippen molar-refractivity contribution in [1.29, 1.82) is 0 Å². The molecule has 0 aromatic heterocycles. The van der Waals surface area contributed by atoms with Gasteiger partial charge in [0.2, 0.25) is 0 Å². The summed E-state index contributed by atoms with van der Waals surface area (Å²) in [6, 6.07) is 0. The van der Waals surface area contributed by atoms with Gasteiger partial charge in [-0.05, 0) is 12.2 Å². The van der Waals surface area contributed by atoms with Crippen LogP contribution >= 0.6 is 0 Å². The quantitative estimate of drug-likeness (QED) is 0.197. The molecule has 0 aromatic carbocycles. The van der Waals surface area contributed by atoms with Gasteiger partial charge in [0.1, 0.15) is 6.29 Å².